The molecule has 2 heterocycles. The molecule has 0 aromatic heterocycles. The van der Waals surface area contributed by atoms with Crippen molar-refractivity contribution in [1.29, 1.82) is 0 Å². The topological polar surface area (TPSA) is 93.5 Å². The van der Waals surface area contributed by atoms with Crippen molar-refractivity contribution in [2.75, 3.05) is 13.1 Å². The zero-order valence-corrected chi connectivity index (χ0v) is 9.07. The van der Waals surface area contributed by atoms with E-state index in [1.807, 2.05) is 0 Å². The van der Waals surface area contributed by atoms with Crippen molar-refractivity contribution in [3.8, 4) is 0 Å². The third kappa shape index (κ3) is 2.51. The van der Waals surface area contributed by atoms with Gasteiger partial charge in [-0.25, -0.2) is 0 Å². The molecular formula is C10H17N3O3. The second-order valence-electron chi connectivity index (χ2n) is 4.27. The molecule has 2 saturated heterocycles. The zero-order valence-electron chi connectivity index (χ0n) is 9.07. The molecule has 0 saturated carbocycles. The Morgan fingerprint density at radius 2 is 2.38 bits per heavy atom. The van der Waals surface area contributed by atoms with Gasteiger partial charge in [-0.05, 0) is 12.8 Å². The van der Waals surface area contributed by atoms with E-state index in [-0.39, 0.29) is 24.0 Å². The molecule has 90 valence electrons. The molecule has 3 unspecified atom stereocenters. The van der Waals surface area contributed by atoms with E-state index in [0.29, 0.717) is 25.9 Å². The van der Waals surface area contributed by atoms with Gasteiger partial charge in [0.15, 0.2) is 0 Å². The highest BCUT2D eigenvalue weighted by molar-refractivity contribution is 5.84. The summed E-state index contributed by atoms with van der Waals surface area (Å²) in [4.78, 5) is 22.7. The Morgan fingerprint density at radius 1 is 1.56 bits per heavy atom. The number of carbonyl (C=O) groups excluding carboxylic acids is 2. The lowest BCUT2D eigenvalue weighted by Crippen LogP contribution is -2.42. The lowest BCUT2D eigenvalue weighted by Gasteiger charge is -2.15. The molecule has 2 rings (SSSR count). The fourth-order valence-corrected chi connectivity index (χ4v) is 2.07. The molecule has 2 fully saturated rings. The second-order valence-corrected chi connectivity index (χ2v) is 4.27. The van der Waals surface area contributed by atoms with Crippen LogP contribution >= 0.6 is 0 Å². The maximum atomic E-state index is 11.8. The van der Waals surface area contributed by atoms with E-state index in [4.69, 9.17) is 10.5 Å². The first-order chi connectivity index (χ1) is 7.69. The third-order valence-corrected chi connectivity index (χ3v) is 2.99. The van der Waals surface area contributed by atoms with E-state index in [9.17, 15) is 9.59 Å². The first kappa shape index (κ1) is 11.3. The number of carbonyl (C=O) groups is 2. The zero-order chi connectivity index (χ0) is 11.5. The molecule has 4 N–H and O–H groups in total. The predicted octanol–water partition coefficient (Wildman–Crippen LogP) is -1.50. The number of amides is 2. The highest BCUT2D eigenvalue weighted by Gasteiger charge is 2.32. The van der Waals surface area contributed by atoms with Gasteiger partial charge in [0.2, 0.25) is 11.8 Å². The Hall–Kier alpha value is -1.14. The summed E-state index contributed by atoms with van der Waals surface area (Å²) in [6, 6.07) is -0.0967. The van der Waals surface area contributed by atoms with Crippen molar-refractivity contribution in [2.45, 2.75) is 37.5 Å². The van der Waals surface area contributed by atoms with Crippen LogP contribution in [0.15, 0.2) is 0 Å². The molecule has 0 radical (unpaired) electrons. The number of hydrogen-bond acceptors (Lipinski definition) is 4. The number of nitrogens with one attached hydrogen (secondary N) is 2. The van der Waals surface area contributed by atoms with Crippen molar-refractivity contribution in [1.82, 2.24) is 10.6 Å². The lowest BCUT2D eigenvalue weighted by molar-refractivity contribution is -0.132. The summed E-state index contributed by atoms with van der Waals surface area (Å²) < 4.78 is 5.47. The van der Waals surface area contributed by atoms with E-state index in [1.165, 1.54) is 0 Å². The van der Waals surface area contributed by atoms with Crippen molar-refractivity contribution in [3.63, 3.8) is 0 Å². The van der Waals surface area contributed by atoms with Gasteiger partial charge >= 0.3 is 0 Å². The van der Waals surface area contributed by atoms with Gasteiger partial charge in [0.25, 0.3) is 0 Å². The maximum Gasteiger partial charge on any atom is 0.249 e. The van der Waals surface area contributed by atoms with Gasteiger partial charge in [0.1, 0.15) is 6.10 Å². The summed E-state index contributed by atoms with van der Waals surface area (Å²) >= 11 is 0. The van der Waals surface area contributed by atoms with Crippen molar-refractivity contribution < 1.29 is 14.3 Å². The molecule has 16 heavy (non-hydrogen) atoms. The molecule has 2 aliphatic heterocycles. The van der Waals surface area contributed by atoms with Crippen LogP contribution in [0.4, 0.5) is 0 Å². The Kier molecular flexibility index (Phi) is 3.40. The largest absolute Gasteiger partial charge is 0.364 e. The van der Waals surface area contributed by atoms with E-state index >= 15 is 0 Å². The van der Waals surface area contributed by atoms with Gasteiger partial charge in [-0.3, -0.25) is 9.59 Å². The van der Waals surface area contributed by atoms with Gasteiger partial charge < -0.3 is 21.1 Å². The van der Waals surface area contributed by atoms with Crippen molar-refractivity contribution in [3.05, 3.63) is 0 Å². The van der Waals surface area contributed by atoms with Gasteiger partial charge in [-0.1, -0.05) is 0 Å². The fraction of sp³-hybridized carbons (Fsp3) is 0.800. The molecule has 0 aliphatic carbocycles. The summed E-state index contributed by atoms with van der Waals surface area (Å²) in [5.41, 5.74) is 5.47. The monoisotopic (exact) mass is 227 g/mol. The Morgan fingerprint density at radius 3 is 2.94 bits per heavy atom. The minimum atomic E-state index is -0.399. The minimum absolute atomic E-state index is 0.000847. The van der Waals surface area contributed by atoms with Crippen LogP contribution in [-0.4, -0.2) is 43.2 Å². The third-order valence-electron chi connectivity index (χ3n) is 2.99. The maximum absolute atomic E-state index is 11.8. The van der Waals surface area contributed by atoms with E-state index in [2.05, 4.69) is 10.6 Å². The van der Waals surface area contributed by atoms with Gasteiger partial charge in [-0.15, -0.1) is 0 Å². The highest BCUT2D eigenvalue weighted by atomic mass is 16.5. The minimum Gasteiger partial charge on any atom is -0.364 e. The average Bonchev–Trinajstić information content (AvgIpc) is 2.87. The van der Waals surface area contributed by atoms with Crippen LogP contribution in [0.3, 0.4) is 0 Å². The Balaban J connectivity index is 1.78. The van der Waals surface area contributed by atoms with E-state index < -0.39 is 6.10 Å². The van der Waals surface area contributed by atoms with Gasteiger partial charge in [0.05, 0.1) is 12.1 Å². The molecule has 0 aromatic rings. The Bertz CT molecular complexity index is 295. The lowest BCUT2D eigenvalue weighted by atomic mass is 10.1. The quantitative estimate of drug-likeness (QED) is 0.547. The number of nitrogens with two attached hydrogens (primary N) is 1. The molecule has 0 aromatic carbocycles. The smallest absolute Gasteiger partial charge is 0.249 e. The molecule has 0 bridgehead atoms. The number of rotatable bonds is 3. The molecule has 0 spiro atoms. The van der Waals surface area contributed by atoms with Crippen LogP contribution in [0.25, 0.3) is 0 Å². The highest BCUT2D eigenvalue weighted by Crippen LogP contribution is 2.19. The molecule has 3 atom stereocenters. The van der Waals surface area contributed by atoms with Gasteiger partial charge in [0, 0.05) is 19.5 Å². The summed E-state index contributed by atoms with van der Waals surface area (Å²) in [5.74, 6) is -0.144. The summed E-state index contributed by atoms with van der Waals surface area (Å²) in [6.07, 6.45) is 1.50. The standard InChI is InChI=1S/C10H17N3O3/c11-4-7-1-2-8(16-7)10(15)13-6-3-9(14)12-5-6/h6-8H,1-5,11H2,(H,12,14)(H,13,15). The van der Waals surface area contributed by atoms with Crippen LogP contribution in [0.5, 0.6) is 0 Å². The van der Waals surface area contributed by atoms with Crippen molar-refractivity contribution in [2.24, 2.45) is 5.73 Å². The summed E-state index contributed by atoms with van der Waals surface area (Å²) in [7, 11) is 0. The second kappa shape index (κ2) is 4.80. The van der Waals surface area contributed by atoms with Crippen LogP contribution in [0, 0.1) is 0 Å². The summed E-state index contributed by atoms with van der Waals surface area (Å²) in [6.45, 7) is 0.963. The van der Waals surface area contributed by atoms with Crippen LogP contribution < -0.4 is 16.4 Å². The first-order valence-corrected chi connectivity index (χ1v) is 5.61. The van der Waals surface area contributed by atoms with Crippen LogP contribution in [0.2, 0.25) is 0 Å². The van der Waals surface area contributed by atoms with Crippen LogP contribution in [0.1, 0.15) is 19.3 Å². The number of ether oxygens (including phenoxy) is 1. The van der Waals surface area contributed by atoms with E-state index in [1.54, 1.807) is 0 Å². The van der Waals surface area contributed by atoms with E-state index in [0.717, 1.165) is 6.42 Å². The predicted molar refractivity (Wildman–Crippen MR) is 56.5 cm³/mol. The molecule has 6 heteroatoms. The Labute approximate surface area is 93.9 Å². The normalized spacial score (nSPS) is 33.8. The average molecular weight is 227 g/mol. The molecule has 2 aliphatic rings. The molecule has 6 nitrogen and oxygen atoms in total. The van der Waals surface area contributed by atoms with Crippen molar-refractivity contribution >= 4 is 11.8 Å². The SMILES string of the molecule is NCC1CCC(C(=O)NC2CNC(=O)C2)O1. The number of hydrogen-bond donors (Lipinski definition) is 3. The first-order valence-electron chi connectivity index (χ1n) is 5.61. The molecule has 2 amide bonds. The summed E-state index contributed by atoms with van der Waals surface area (Å²) in [5, 5.41) is 5.48. The molecular weight excluding hydrogens is 210 g/mol. The van der Waals surface area contributed by atoms with Crippen LogP contribution in [-0.2, 0) is 14.3 Å². The fourth-order valence-electron chi connectivity index (χ4n) is 2.07. The van der Waals surface area contributed by atoms with Gasteiger partial charge in [-0.2, -0.15) is 0 Å².